The minimum absolute atomic E-state index is 0.0312. The molecule has 0 bridgehead atoms. The second-order valence-electron chi connectivity index (χ2n) is 5.06. The molecule has 1 amide bonds. The average Bonchev–Trinajstić information content (AvgIpc) is 2.07. The van der Waals surface area contributed by atoms with E-state index in [1.165, 1.54) is 19.3 Å². The van der Waals surface area contributed by atoms with Gasteiger partial charge in [-0.1, -0.05) is 19.8 Å². The lowest BCUT2D eigenvalue weighted by atomic mass is 9.85. The lowest BCUT2D eigenvalue weighted by Gasteiger charge is -2.31. The highest BCUT2D eigenvalue weighted by Gasteiger charge is 2.28. The van der Waals surface area contributed by atoms with Gasteiger partial charge in [0.15, 0.2) is 0 Å². The van der Waals surface area contributed by atoms with Gasteiger partial charge >= 0.3 is 0 Å². The van der Waals surface area contributed by atoms with E-state index in [9.17, 15) is 4.79 Å². The Morgan fingerprint density at radius 1 is 1.36 bits per heavy atom. The number of amides is 1. The van der Waals surface area contributed by atoms with Crippen LogP contribution in [-0.4, -0.2) is 17.5 Å². The average molecular weight is 198 g/mol. The zero-order valence-electron chi connectivity index (χ0n) is 9.47. The second-order valence-corrected chi connectivity index (χ2v) is 5.06. The van der Waals surface area contributed by atoms with Gasteiger partial charge < -0.3 is 11.1 Å². The lowest BCUT2D eigenvalue weighted by Crippen LogP contribution is -2.53. The Bertz CT molecular complexity index is 208. The zero-order chi connectivity index (χ0) is 10.8. The molecule has 0 radical (unpaired) electrons. The van der Waals surface area contributed by atoms with Gasteiger partial charge in [0.1, 0.15) is 0 Å². The minimum Gasteiger partial charge on any atom is -0.352 e. The van der Waals surface area contributed by atoms with Gasteiger partial charge in [0.05, 0.1) is 5.54 Å². The van der Waals surface area contributed by atoms with Crippen LogP contribution in [0.2, 0.25) is 0 Å². The van der Waals surface area contributed by atoms with Crippen LogP contribution in [0.15, 0.2) is 0 Å². The van der Waals surface area contributed by atoms with Crippen LogP contribution in [0.4, 0.5) is 0 Å². The number of nitrogens with one attached hydrogen (secondary N) is 1. The Labute approximate surface area is 86.4 Å². The molecule has 0 aromatic heterocycles. The van der Waals surface area contributed by atoms with E-state index in [4.69, 9.17) is 5.73 Å². The van der Waals surface area contributed by atoms with Crippen LogP contribution < -0.4 is 11.1 Å². The molecular weight excluding hydrogens is 176 g/mol. The third-order valence-corrected chi connectivity index (χ3v) is 3.01. The third kappa shape index (κ3) is 2.98. The first-order valence-corrected chi connectivity index (χ1v) is 5.51. The standard InChI is InChI=1S/C11H22N2O/c1-8-6-4-5-7-9(8)13-10(14)11(2,3)12/h8-9H,4-7,12H2,1-3H3,(H,13,14). The van der Waals surface area contributed by atoms with Crippen molar-refractivity contribution >= 4 is 5.91 Å². The van der Waals surface area contributed by atoms with Crippen LogP contribution in [0.1, 0.15) is 46.5 Å². The maximum Gasteiger partial charge on any atom is 0.239 e. The molecular formula is C11H22N2O. The van der Waals surface area contributed by atoms with E-state index in [0.717, 1.165) is 6.42 Å². The highest BCUT2D eigenvalue weighted by Crippen LogP contribution is 2.23. The lowest BCUT2D eigenvalue weighted by molar-refractivity contribution is -0.126. The molecule has 0 spiro atoms. The zero-order valence-corrected chi connectivity index (χ0v) is 9.47. The number of carbonyl (C=O) groups is 1. The summed E-state index contributed by atoms with van der Waals surface area (Å²) in [4.78, 5) is 11.6. The van der Waals surface area contributed by atoms with Crippen LogP contribution in [0, 0.1) is 5.92 Å². The summed E-state index contributed by atoms with van der Waals surface area (Å²) in [6.45, 7) is 5.69. The molecule has 2 unspecified atom stereocenters. The van der Waals surface area contributed by atoms with Crippen molar-refractivity contribution < 1.29 is 4.79 Å². The SMILES string of the molecule is CC1CCCCC1NC(=O)C(C)(C)N. The van der Waals surface area contributed by atoms with Crippen LogP contribution in [0.25, 0.3) is 0 Å². The Morgan fingerprint density at radius 3 is 2.43 bits per heavy atom. The quantitative estimate of drug-likeness (QED) is 0.705. The molecule has 82 valence electrons. The maximum absolute atomic E-state index is 11.6. The van der Waals surface area contributed by atoms with Gasteiger partial charge in [-0.3, -0.25) is 4.79 Å². The first kappa shape index (κ1) is 11.5. The molecule has 3 N–H and O–H groups in total. The molecule has 14 heavy (non-hydrogen) atoms. The van der Waals surface area contributed by atoms with Crippen molar-refractivity contribution in [3.8, 4) is 0 Å². The molecule has 0 heterocycles. The summed E-state index contributed by atoms with van der Waals surface area (Å²) in [5.74, 6) is 0.561. The summed E-state index contributed by atoms with van der Waals surface area (Å²) in [6.07, 6.45) is 4.83. The van der Waals surface area contributed by atoms with Crippen LogP contribution >= 0.6 is 0 Å². The summed E-state index contributed by atoms with van der Waals surface area (Å²) in [5.41, 5.74) is 4.98. The summed E-state index contributed by atoms with van der Waals surface area (Å²) < 4.78 is 0. The molecule has 3 heteroatoms. The fourth-order valence-electron chi connectivity index (χ4n) is 1.89. The summed E-state index contributed by atoms with van der Waals surface area (Å²) >= 11 is 0. The molecule has 1 aliphatic rings. The molecule has 1 fully saturated rings. The monoisotopic (exact) mass is 198 g/mol. The van der Waals surface area contributed by atoms with Crippen molar-refractivity contribution in [1.29, 1.82) is 0 Å². The van der Waals surface area contributed by atoms with Gasteiger partial charge in [-0.25, -0.2) is 0 Å². The van der Waals surface area contributed by atoms with Gasteiger partial charge in [0.25, 0.3) is 0 Å². The van der Waals surface area contributed by atoms with E-state index in [2.05, 4.69) is 12.2 Å². The fourth-order valence-corrected chi connectivity index (χ4v) is 1.89. The van der Waals surface area contributed by atoms with Gasteiger partial charge in [-0.05, 0) is 32.6 Å². The number of carbonyl (C=O) groups excluding carboxylic acids is 1. The Kier molecular flexibility index (Phi) is 3.53. The first-order chi connectivity index (χ1) is 6.41. The number of rotatable bonds is 2. The molecule has 3 nitrogen and oxygen atoms in total. The first-order valence-electron chi connectivity index (χ1n) is 5.51. The van der Waals surface area contributed by atoms with Crippen molar-refractivity contribution in [2.45, 2.75) is 58.0 Å². The summed E-state index contributed by atoms with van der Waals surface area (Å²) in [7, 11) is 0. The normalized spacial score (nSPS) is 28.6. The van der Waals surface area contributed by atoms with Crippen molar-refractivity contribution in [1.82, 2.24) is 5.32 Å². The molecule has 1 rings (SSSR count). The number of hydrogen-bond acceptors (Lipinski definition) is 2. The van der Waals surface area contributed by atoms with Crippen molar-refractivity contribution in [2.24, 2.45) is 11.7 Å². The van der Waals surface area contributed by atoms with Gasteiger partial charge in [-0.2, -0.15) is 0 Å². The Balaban J connectivity index is 2.46. The van der Waals surface area contributed by atoms with E-state index in [-0.39, 0.29) is 5.91 Å². The van der Waals surface area contributed by atoms with E-state index >= 15 is 0 Å². The van der Waals surface area contributed by atoms with E-state index in [0.29, 0.717) is 12.0 Å². The van der Waals surface area contributed by atoms with Crippen LogP contribution in [0.3, 0.4) is 0 Å². The predicted octanol–water partition coefficient (Wildman–Crippen LogP) is 1.42. The number of nitrogens with two attached hydrogens (primary N) is 1. The van der Waals surface area contributed by atoms with Gasteiger partial charge in [0, 0.05) is 6.04 Å². The van der Waals surface area contributed by atoms with Crippen LogP contribution in [0.5, 0.6) is 0 Å². The maximum atomic E-state index is 11.6. The van der Waals surface area contributed by atoms with Crippen molar-refractivity contribution in [3.05, 3.63) is 0 Å². The molecule has 0 aromatic rings. The highest BCUT2D eigenvalue weighted by atomic mass is 16.2. The predicted molar refractivity (Wildman–Crippen MR) is 57.8 cm³/mol. The molecule has 0 aliphatic heterocycles. The van der Waals surface area contributed by atoms with Crippen molar-refractivity contribution in [3.63, 3.8) is 0 Å². The van der Waals surface area contributed by atoms with E-state index < -0.39 is 5.54 Å². The third-order valence-electron chi connectivity index (χ3n) is 3.01. The topological polar surface area (TPSA) is 55.1 Å². The van der Waals surface area contributed by atoms with Gasteiger partial charge in [0.2, 0.25) is 5.91 Å². The number of hydrogen-bond donors (Lipinski definition) is 2. The molecule has 1 aliphatic carbocycles. The largest absolute Gasteiger partial charge is 0.352 e. The van der Waals surface area contributed by atoms with Gasteiger partial charge in [-0.15, -0.1) is 0 Å². The summed E-state index contributed by atoms with van der Waals surface area (Å²) in [6, 6.07) is 0.332. The smallest absolute Gasteiger partial charge is 0.239 e. The Morgan fingerprint density at radius 2 is 1.93 bits per heavy atom. The molecule has 0 aromatic carbocycles. The van der Waals surface area contributed by atoms with Crippen LogP contribution in [-0.2, 0) is 4.79 Å². The minimum atomic E-state index is -0.753. The van der Waals surface area contributed by atoms with Crippen molar-refractivity contribution in [2.75, 3.05) is 0 Å². The highest BCUT2D eigenvalue weighted by molar-refractivity contribution is 5.85. The summed E-state index contributed by atoms with van der Waals surface area (Å²) in [5, 5.41) is 3.04. The second kappa shape index (κ2) is 4.30. The van der Waals surface area contributed by atoms with E-state index in [1.807, 2.05) is 0 Å². The fraction of sp³-hybridized carbons (Fsp3) is 0.909. The molecule has 0 saturated heterocycles. The molecule has 2 atom stereocenters. The van der Waals surface area contributed by atoms with E-state index in [1.54, 1.807) is 13.8 Å². The molecule has 1 saturated carbocycles. The Hall–Kier alpha value is -0.570.